The van der Waals surface area contributed by atoms with Crippen molar-refractivity contribution in [2.75, 3.05) is 0 Å². The Balaban J connectivity index is 3.21. The van der Waals surface area contributed by atoms with Gasteiger partial charge in [0.15, 0.2) is 0 Å². The summed E-state index contributed by atoms with van der Waals surface area (Å²) in [6, 6.07) is 5.03. The van der Waals surface area contributed by atoms with E-state index in [9.17, 15) is 4.79 Å². The van der Waals surface area contributed by atoms with Crippen molar-refractivity contribution >= 4 is 33.8 Å². The van der Waals surface area contributed by atoms with Crippen LogP contribution >= 0.6 is 27.5 Å². The van der Waals surface area contributed by atoms with Gasteiger partial charge in [-0.15, -0.1) is 0 Å². The van der Waals surface area contributed by atoms with Crippen LogP contribution in [0.1, 0.15) is 5.56 Å². The van der Waals surface area contributed by atoms with Gasteiger partial charge in [0, 0.05) is 10.0 Å². The summed E-state index contributed by atoms with van der Waals surface area (Å²) < 4.78 is 0.829. The lowest BCUT2D eigenvalue weighted by Crippen LogP contribution is -1.80. The van der Waals surface area contributed by atoms with Crippen LogP contribution in [0.2, 0.25) is 5.02 Å². The van der Waals surface area contributed by atoms with Crippen LogP contribution in [-0.4, -0.2) is 6.29 Å². The van der Waals surface area contributed by atoms with E-state index in [1.165, 1.54) is 0 Å². The second-order valence-corrected chi connectivity index (χ2v) is 3.05. The lowest BCUT2D eigenvalue weighted by atomic mass is 10.2. The molecule has 0 saturated heterocycles. The molecule has 0 saturated carbocycles. The van der Waals surface area contributed by atoms with E-state index in [0.29, 0.717) is 10.6 Å². The molecule has 1 aromatic rings. The highest BCUT2D eigenvalue weighted by atomic mass is 79.9. The zero-order valence-electron chi connectivity index (χ0n) is 4.90. The summed E-state index contributed by atoms with van der Waals surface area (Å²) in [5.41, 5.74) is 0.385. The molecule has 0 aromatic heterocycles. The van der Waals surface area contributed by atoms with Gasteiger partial charge in [-0.1, -0.05) is 27.5 Å². The standard InChI is InChI=1S/C7H3BrClO/c8-6-1-2-7(9)5(3-6)4-10/h1-3H. The molecule has 1 nitrogen and oxygen atoms in total. The van der Waals surface area contributed by atoms with Crippen LogP contribution in [0.4, 0.5) is 0 Å². The first-order chi connectivity index (χ1) is 4.74. The Hall–Kier alpha value is -0.340. The van der Waals surface area contributed by atoms with Gasteiger partial charge in [-0.25, -0.2) is 0 Å². The summed E-state index contributed by atoms with van der Waals surface area (Å²) in [4.78, 5) is 10.1. The second kappa shape index (κ2) is 3.17. The molecule has 10 heavy (non-hydrogen) atoms. The normalized spacial score (nSPS) is 9.40. The molecular formula is C7H3BrClO. The maximum Gasteiger partial charge on any atom is 0.235 e. The average molecular weight is 218 g/mol. The van der Waals surface area contributed by atoms with Crippen molar-refractivity contribution < 1.29 is 4.79 Å². The summed E-state index contributed by atoms with van der Waals surface area (Å²) in [7, 11) is 0. The van der Waals surface area contributed by atoms with E-state index in [4.69, 9.17) is 11.6 Å². The number of carbonyl (C=O) groups excluding carboxylic acids is 1. The lowest BCUT2D eigenvalue weighted by Gasteiger charge is -1.93. The molecule has 0 atom stereocenters. The van der Waals surface area contributed by atoms with Crippen molar-refractivity contribution in [3.05, 3.63) is 33.3 Å². The van der Waals surface area contributed by atoms with Crippen molar-refractivity contribution in [2.24, 2.45) is 0 Å². The van der Waals surface area contributed by atoms with Crippen LogP contribution in [0.5, 0.6) is 0 Å². The van der Waals surface area contributed by atoms with E-state index in [1.807, 2.05) is 0 Å². The Morgan fingerprint density at radius 1 is 1.50 bits per heavy atom. The number of benzene rings is 1. The zero-order chi connectivity index (χ0) is 7.56. The summed E-state index contributed by atoms with van der Waals surface area (Å²) in [6.07, 6.45) is 1.72. The quantitative estimate of drug-likeness (QED) is 0.708. The van der Waals surface area contributed by atoms with Gasteiger partial charge < -0.3 is 0 Å². The molecule has 1 aromatic carbocycles. The topological polar surface area (TPSA) is 17.1 Å². The van der Waals surface area contributed by atoms with Gasteiger partial charge in [0.05, 0.1) is 5.02 Å². The molecule has 0 heterocycles. The molecule has 0 aliphatic heterocycles. The average Bonchev–Trinajstić information content (AvgIpc) is 1.94. The maximum absolute atomic E-state index is 10.1. The molecule has 1 rings (SSSR count). The van der Waals surface area contributed by atoms with Crippen molar-refractivity contribution in [3.63, 3.8) is 0 Å². The van der Waals surface area contributed by atoms with Crippen molar-refractivity contribution in [2.45, 2.75) is 0 Å². The Bertz CT molecular complexity index is 260. The van der Waals surface area contributed by atoms with Gasteiger partial charge in [0.2, 0.25) is 6.29 Å². The SMILES string of the molecule is O=[C]c1cc(Br)ccc1Cl. The Kier molecular flexibility index (Phi) is 2.46. The molecule has 0 N–H and O–H groups in total. The van der Waals surface area contributed by atoms with Gasteiger partial charge in [0.1, 0.15) is 0 Å². The van der Waals surface area contributed by atoms with Crippen LogP contribution in [0.3, 0.4) is 0 Å². The van der Waals surface area contributed by atoms with Gasteiger partial charge >= 0.3 is 0 Å². The number of hydrogen-bond acceptors (Lipinski definition) is 1. The van der Waals surface area contributed by atoms with Crippen LogP contribution in [-0.2, 0) is 4.79 Å². The monoisotopic (exact) mass is 217 g/mol. The molecule has 1 radical (unpaired) electrons. The zero-order valence-corrected chi connectivity index (χ0v) is 7.24. The van der Waals surface area contributed by atoms with Crippen LogP contribution in [0.25, 0.3) is 0 Å². The number of rotatable bonds is 1. The molecule has 0 unspecified atom stereocenters. The minimum atomic E-state index is 0.385. The Morgan fingerprint density at radius 3 is 2.70 bits per heavy atom. The van der Waals surface area contributed by atoms with Crippen LogP contribution < -0.4 is 0 Å². The van der Waals surface area contributed by atoms with E-state index < -0.39 is 0 Å². The molecule has 0 aliphatic rings. The smallest absolute Gasteiger partial charge is 0.235 e. The summed E-state index contributed by atoms with van der Waals surface area (Å²) in [5, 5.41) is 0.429. The highest BCUT2D eigenvalue weighted by molar-refractivity contribution is 9.10. The van der Waals surface area contributed by atoms with E-state index in [1.54, 1.807) is 24.5 Å². The highest BCUT2D eigenvalue weighted by Crippen LogP contribution is 2.18. The fourth-order valence-electron chi connectivity index (χ4n) is 0.576. The highest BCUT2D eigenvalue weighted by Gasteiger charge is 1.98. The summed E-state index contributed by atoms with van der Waals surface area (Å²) in [5.74, 6) is 0. The number of hydrogen-bond donors (Lipinski definition) is 0. The summed E-state index contributed by atoms with van der Waals surface area (Å²) in [6.45, 7) is 0. The van der Waals surface area contributed by atoms with Crippen LogP contribution in [0.15, 0.2) is 22.7 Å². The molecule has 0 fully saturated rings. The largest absolute Gasteiger partial charge is 0.285 e. The van der Waals surface area contributed by atoms with E-state index in [-0.39, 0.29) is 0 Å². The molecular weight excluding hydrogens is 215 g/mol. The first-order valence-electron chi connectivity index (χ1n) is 2.57. The molecule has 0 amide bonds. The van der Waals surface area contributed by atoms with Gasteiger partial charge in [0.25, 0.3) is 0 Å². The predicted molar refractivity (Wildman–Crippen MR) is 43.9 cm³/mol. The molecule has 0 aliphatic carbocycles. The van der Waals surface area contributed by atoms with E-state index in [2.05, 4.69) is 15.9 Å². The minimum Gasteiger partial charge on any atom is -0.285 e. The third kappa shape index (κ3) is 1.58. The first kappa shape index (κ1) is 7.76. The number of halogens is 2. The minimum absolute atomic E-state index is 0.385. The maximum atomic E-state index is 10.1. The first-order valence-corrected chi connectivity index (χ1v) is 3.74. The third-order valence-electron chi connectivity index (χ3n) is 1.04. The molecule has 51 valence electrons. The van der Waals surface area contributed by atoms with E-state index >= 15 is 0 Å². The fraction of sp³-hybridized carbons (Fsp3) is 0. The van der Waals surface area contributed by atoms with Crippen molar-refractivity contribution in [3.8, 4) is 0 Å². The second-order valence-electron chi connectivity index (χ2n) is 1.73. The molecule has 0 spiro atoms. The van der Waals surface area contributed by atoms with Gasteiger partial charge in [-0.05, 0) is 18.2 Å². The van der Waals surface area contributed by atoms with E-state index in [0.717, 1.165) is 4.47 Å². The lowest BCUT2D eigenvalue weighted by molar-refractivity contribution is 0.563. The fourth-order valence-corrected chi connectivity index (χ4v) is 1.09. The Labute approximate surface area is 72.1 Å². The third-order valence-corrected chi connectivity index (χ3v) is 1.86. The Morgan fingerprint density at radius 2 is 2.20 bits per heavy atom. The summed E-state index contributed by atoms with van der Waals surface area (Å²) >= 11 is 8.81. The van der Waals surface area contributed by atoms with Gasteiger partial charge in [-0.3, -0.25) is 4.79 Å². The van der Waals surface area contributed by atoms with Crippen LogP contribution in [0, 0.1) is 0 Å². The van der Waals surface area contributed by atoms with Crippen molar-refractivity contribution in [1.82, 2.24) is 0 Å². The molecule has 3 heteroatoms. The van der Waals surface area contributed by atoms with Crippen molar-refractivity contribution in [1.29, 1.82) is 0 Å². The predicted octanol–water partition coefficient (Wildman–Crippen LogP) is 2.56. The van der Waals surface area contributed by atoms with Gasteiger partial charge in [-0.2, -0.15) is 0 Å². The molecule has 0 bridgehead atoms.